The second kappa shape index (κ2) is 7.18. The van der Waals surface area contributed by atoms with E-state index in [1.807, 2.05) is 0 Å². The number of benzene rings is 1. The van der Waals surface area contributed by atoms with Gasteiger partial charge < -0.3 is 19.9 Å². The minimum atomic E-state index is -1.35. The van der Waals surface area contributed by atoms with Crippen LogP contribution >= 0.6 is 11.6 Å². The topological polar surface area (TPSA) is 91.6 Å². The number of nitrogens with zero attached hydrogens (tertiary/aromatic N) is 2. The Balaban J connectivity index is 1.83. The summed E-state index contributed by atoms with van der Waals surface area (Å²) in [5.41, 5.74) is -0.652. The van der Waals surface area contributed by atoms with Gasteiger partial charge in [0.05, 0.1) is 21.6 Å². The number of rotatable bonds is 5. The van der Waals surface area contributed by atoms with Crippen LogP contribution in [0, 0.1) is 5.82 Å². The van der Waals surface area contributed by atoms with Crippen molar-refractivity contribution in [1.82, 2.24) is 9.88 Å². The zero-order valence-corrected chi connectivity index (χ0v) is 16.2. The average Bonchev–Trinajstić information content (AvgIpc) is 3.42. The normalized spacial score (nSPS) is 18.8. The van der Waals surface area contributed by atoms with Crippen LogP contribution in [0.25, 0.3) is 10.9 Å². The average molecular weight is 420 g/mol. The number of halogens is 2. The number of hydrogen-bond acceptors (Lipinski definition) is 4. The SMILES string of the molecule is C=CC(=O)NC1CCN(c2c(F)cc3c(=O)c(C(=O)O)cn(C4CC4)c3c2Cl)C1. The molecule has 0 spiro atoms. The highest BCUT2D eigenvalue weighted by molar-refractivity contribution is 6.38. The van der Waals surface area contributed by atoms with Gasteiger partial charge in [0.2, 0.25) is 11.3 Å². The van der Waals surface area contributed by atoms with Gasteiger partial charge >= 0.3 is 5.97 Å². The summed E-state index contributed by atoms with van der Waals surface area (Å²) < 4.78 is 16.7. The van der Waals surface area contributed by atoms with E-state index in [9.17, 15) is 19.5 Å². The van der Waals surface area contributed by atoms with Gasteiger partial charge in [-0.25, -0.2) is 9.18 Å². The Labute approximate surface area is 170 Å². The molecule has 0 bridgehead atoms. The van der Waals surface area contributed by atoms with E-state index in [0.29, 0.717) is 25.0 Å². The molecule has 2 aliphatic rings. The van der Waals surface area contributed by atoms with Crippen LogP contribution in [-0.2, 0) is 4.79 Å². The standard InChI is InChI=1S/C20H19ClFN3O4/c1-2-15(26)23-10-5-6-24(8-10)18-14(22)7-12-17(16(18)21)25(11-3-4-11)9-13(19(12)27)20(28)29/h2,7,9-11H,1,3-6,8H2,(H,23,26)(H,28,29). The molecule has 2 N–H and O–H groups in total. The number of carbonyl (C=O) groups is 2. The number of pyridine rings is 1. The molecule has 1 atom stereocenters. The number of carbonyl (C=O) groups excluding carboxylic acids is 1. The molecule has 2 fully saturated rings. The molecule has 9 heteroatoms. The number of aromatic carboxylic acids is 1. The summed E-state index contributed by atoms with van der Waals surface area (Å²) in [4.78, 5) is 37.4. The minimum absolute atomic E-state index is 0.0326. The van der Waals surface area contributed by atoms with E-state index in [4.69, 9.17) is 11.6 Å². The molecular weight excluding hydrogens is 401 g/mol. The summed E-state index contributed by atoms with van der Waals surface area (Å²) in [6.07, 6.45) is 4.76. The van der Waals surface area contributed by atoms with Gasteiger partial charge in [0.25, 0.3) is 0 Å². The molecule has 1 aromatic heterocycles. The lowest BCUT2D eigenvalue weighted by molar-refractivity contribution is -0.117. The van der Waals surface area contributed by atoms with Crippen molar-refractivity contribution in [3.8, 4) is 0 Å². The lowest BCUT2D eigenvalue weighted by atomic mass is 10.1. The van der Waals surface area contributed by atoms with Crippen molar-refractivity contribution in [2.75, 3.05) is 18.0 Å². The van der Waals surface area contributed by atoms with E-state index in [-0.39, 0.29) is 34.1 Å². The van der Waals surface area contributed by atoms with Gasteiger partial charge in [0, 0.05) is 31.4 Å². The van der Waals surface area contributed by atoms with Gasteiger partial charge in [-0.15, -0.1) is 0 Å². The first kappa shape index (κ1) is 19.4. The van der Waals surface area contributed by atoms with Crippen molar-refractivity contribution in [2.45, 2.75) is 31.3 Å². The van der Waals surface area contributed by atoms with E-state index in [0.717, 1.165) is 18.9 Å². The van der Waals surface area contributed by atoms with Crippen molar-refractivity contribution in [1.29, 1.82) is 0 Å². The molecule has 1 saturated carbocycles. The Bertz CT molecular complexity index is 1110. The zero-order valence-electron chi connectivity index (χ0n) is 15.5. The first-order valence-electron chi connectivity index (χ1n) is 9.29. The van der Waals surface area contributed by atoms with Crippen LogP contribution in [0.4, 0.5) is 10.1 Å². The van der Waals surface area contributed by atoms with E-state index in [2.05, 4.69) is 11.9 Å². The Morgan fingerprint density at radius 3 is 2.69 bits per heavy atom. The fraction of sp³-hybridized carbons (Fsp3) is 0.350. The molecule has 152 valence electrons. The fourth-order valence-corrected chi connectivity index (χ4v) is 4.26. The number of hydrogen-bond donors (Lipinski definition) is 2. The molecule has 29 heavy (non-hydrogen) atoms. The van der Waals surface area contributed by atoms with Crippen molar-refractivity contribution >= 4 is 40.1 Å². The Morgan fingerprint density at radius 2 is 2.07 bits per heavy atom. The maximum atomic E-state index is 15.0. The van der Waals surface area contributed by atoms with Crippen molar-refractivity contribution < 1.29 is 19.1 Å². The van der Waals surface area contributed by atoms with Gasteiger partial charge in [0.15, 0.2) is 0 Å². The number of nitrogens with one attached hydrogen (secondary N) is 1. The van der Waals surface area contributed by atoms with Gasteiger partial charge in [-0.2, -0.15) is 0 Å². The smallest absolute Gasteiger partial charge is 0.341 e. The summed E-state index contributed by atoms with van der Waals surface area (Å²) in [7, 11) is 0. The van der Waals surface area contributed by atoms with Crippen molar-refractivity contribution in [3.05, 3.63) is 51.5 Å². The number of carboxylic acids is 1. The largest absolute Gasteiger partial charge is 0.477 e. The fourth-order valence-electron chi connectivity index (χ4n) is 3.86. The highest BCUT2D eigenvalue weighted by atomic mass is 35.5. The van der Waals surface area contributed by atoms with Gasteiger partial charge in [0.1, 0.15) is 11.4 Å². The van der Waals surface area contributed by atoms with E-state index < -0.39 is 22.8 Å². The molecule has 1 aliphatic carbocycles. The minimum Gasteiger partial charge on any atom is -0.477 e. The highest BCUT2D eigenvalue weighted by Gasteiger charge is 2.32. The maximum Gasteiger partial charge on any atom is 0.341 e. The predicted molar refractivity (Wildman–Crippen MR) is 107 cm³/mol. The third-order valence-corrected chi connectivity index (χ3v) is 5.75. The van der Waals surface area contributed by atoms with E-state index in [1.165, 1.54) is 12.3 Å². The Morgan fingerprint density at radius 1 is 1.34 bits per heavy atom. The summed E-state index contributed by atoms with van der Waals surface area (Å²) in [6.45, 7) is 4.26. The summed E-state index contributed by atoms with van der Waals surface area (Å²) in [5.74, 6) is -2.35. The molecule has 0 radical (unpaired) electrons. The van der Waals surface area contributed by atoms with Crippen LogP contribution in [0.5, 0.6) is 0 Å². The van der Waals surface area contributed by atoms with Crippen LogP contribution < -0.4 is 15.6 Å². The van der Waals surface area contributed by atoms with Crippen molar-refractivity contribution in [3.63, 3.8) is 0 Å². The maximum absolute atomic E-state index is 15.0. The summed E-state index contributed by atoms with van der Waals surface area (Å²) in [6, 6.07) is 0.928. The lowest BCUT2D eigenvalue weighted by Crippen LogP contribution is -2.36. The highest BCUT2D eigenvalue weighted by Crippen LogP contribution is 2.42. The number of aromatic nitrogens is 1. The zero-order chi connectivity index (χ0) is 20.9. The van der Waals surface area contributed by atoms with Gasteiger partial charge in [-0.1, -0.05) is 18.2 Å². The first-order chi connectivity index (χ1) is 13.8. The quantitative estimate of drug-likeness (QED) is 0.727. The van der Waals surface area contributed by atoms with E-state index >= 15 is 4.39 Å². The van der Waals surface area contributed by atoms with Crippen LogP contribution in [0.2, 0.25) is 5.02 Å². The molecule has 1 aliphatic heterocycles. The molecule has 1 saturated heterocycles. The van der Waals surface area contributed by atoms with Crippen LogP contribution in [0.3, 0.4) is 0 Å². The Hall–Kier alpha value is -2.87. The van der Waals surface area contributed by atoms with Gasteiger partial charge in [-0.05, 0) is 31.4 Å². The van der Waals surface area contributed by atoms with Crippen LogP contribution in [-0.4, -0.2) is 40.7 Å². The third kappa shape index (κ3) is 3.37. The molecule has 1 aromatic carbocycles. The summed E-state index contributed by atoms with van der Waals surface area (Å²) >= 11 is 6.60. The summed E-state index contributed by atoms with van der Waals surface area (Å²) in [5, 5.41) is 12.2. The second-order valence-corrected chi connectivity index (χ2v) is 7.75. The number of fused-ring (bicyclic) bond motifs is 1. The van der Waals surface area contributed by atoms with Crippen molar-refractivity contribution in [2.24, 2.45) is 0 Å². The third-order valence-electron chi connectivity index (χ3n) is 5.39. The first-order valence-corrected chi connectivity index (χ1v) is 9.67. The molecule has 2 aromatic rings. The van der Waals surface area contributed by atoms with Crippen LogP contribution in [0.1, 0.15) is 35.7 Å². The number of carboxylic acid groups (broad SMARTS) is 1. The molecular formula is C20H19ClFN3O4. The molecule has 1 amide bonds. The van der Waals surface area contributed by atoms with Gasteiger partial charge in [-0.3, -0.25) is 9.59 Å². The second-order valence-electron chi connectivity index (χ2n) is 7.38. The molecule has 2 heterocycles. The monoisotopic (exact) mass is 419 g/mol. The molecule has 1 unspecified atom stereocenters. The number of amides is 1. The van der Waals surface area contributed by atoms with E-state index in [1.54, 1.807) is 9.47 Å². The number of anilines is 1. The van der Waals surface area contributed by atoms with Crippen LogP contribution in [0.15, 0.2) is 29.7 Å². The molecule has 7 nitrogen and oxygen atoms in total. The predicted octanol–water partition coefficient (Wildman–Crippen LogP) is 2.71. The Kier molecular flexibility index (Phi) is 4.82. The lowest BCUT2D eigenvalue weighted by Gasteiger charge is -2.23. The molecule has 4 rings (SSSR count).